The number of thiocarbonyl (C=S) groups is 1. The lowest BCUT2D eigenvalue weighted by molar-refractivity contribution is 0.793. The van der Waals surface area contributed by atoms with E-state index in [1.807, 2.05) is 12.1 Å². The van der Waals surface area contributed by atoms with Crippen molar-refractivity contribution in [2.24, 2.45) is 5.10 Å². The third-order valence-electron chi connectivity index (χ3n) is 5.07. The maximum atomic E-state index is 5.46. The molecule has 3 rings (SSSR count). The zero-order valence-electron chi connectivity index (χ0n) is 17.3. The van der Waals surface area contributed by atoms with Gasteiger partial charge >= 0.3 is 0 Å². The van der Waals surface area contributed by atoms with Gasteiger partial charge in [0.05, 0.1) is 11.9 Å². The second-order valence-corrected chi connectivity index (χ2v) is 7.38. The Bertz CT molecular complexity index is 981. The summed E-state index contributed by atoms with van der Waals surface area (Å²) < 4.78 is 2.17. The first kappa shape index (κ1) is 20.8. The lowest BCUT2D eigenvalue weighted by Crippen LogP contribution is -2.25. The van der Waals surface area contributed by atoms with Gasteiger partial charge < -0.3 is 9.88 Å². The number of benzene rings is 2. The second kappa shape index (κ2) is 10.0. The van der Waals surface area contributed by atoms with Gasteiger partial charge in [-0.3, -0.25) is 5.43 Å². The Morgan fingerprint density at radius 2 is 1.66 bits per heavy atom. The van der Waals surface area contributed by atoms with Crippen molar-refractivity contribution in [3.63, 3.8) is 0 Å². The highest BCUT2D eigenvalue weighted by Crippen LogP contribution is 2.22. The van der Waals surface area contributed by atoms with Crippen molar-refractivity contribution in [3.8, 4) is 0 Å². The maximum Gasteiger partial charge on any atom is 0.191 e. The number of aromatic nitrogens is 1. The van der Waals surface area contributed by atoms with Crippen LogP contribution in [0.3, 0.4) is 0 Å². The van der Waals surface area contributed by atoms with Crippen molar-refractivity contribution in [2.75, 3.05) is 5.32 Å². The molecule has 0 bridgehead atoms. The lowest BCUT2D eigenvalue weighted by atomic mass is 10.0. The molecule has 0 saturated heterocycles. The molecule has 0 saturated carbocycles. The van der Waals surface area contributed by atoms with Crippen LogP contribution < -0.4 is 10.7 Å². The highest BCUT2D eigenvalue weighted by Gasteiger charge is 2.07. The molecule has 3 aromatic rings. The number of nitrogens with zero attached hydrogens (tertiary/aromatic N) is 2. The Kier molecular flexibility index (Phi) is 7.19. The van der Waals surface area contributed by atoms with Crippen molar-refractivity contribution in [3.05, 3.63) is 88.7 Å². The number of hydrogen-bond donors (Lipinski definition) is 2. The molecule has 0 aliphatic carbocycles. The molecule has 0 aliphatic heterocycles. The van der Waals surface area contributed by atoms with Crippen LogP contribution in [0.15, 0.2) is 65.9 Å². The molecule has 0 fully saturated rings. The Morgan fingerprint density at radius 3 is 2.34 bits per heavy atom. The van der Waals surface area contributed by atoms with Crippen LogP contribution in [0, 0.1) is 6.92 Å². The second-order valence-electron chi connectivity index (χ2n) is 6.97. The average molecular weight is 405 g/mol. The summed E-state index contributed by atoms with van der Waals surface area (Å²) in [5, 5.41) is 8.16. The summed E-state index contributed by atoms with van der Waals surface area (Å²) in [4.78, 5) is 0. The van der Waals surface area contributed by atoms with Gasteiger partial charge in [0, 0.05) is 18.4 Å². The molecule has 2 N–H and O–H groups in total. The summed E-state index contributed by atoms with van der Waals surface area (Å²) in [7, 11) is 0. The van der Waals surface area contributed by atoms with Gasteiger partial charge in [0.1, 0.15) is 0 Å². The number of hydrogen-bond acceptors (Lipinski definition) is 2. The normalized spacial score (nSPS) is 11.0. The van der Waals surface area contributed by atoms with E-state index in [1.54, 1.807) is 6.21 Å². The van der Waals surface area contributed by atoms with Gasteiger partial charge in [0.25, 0.3) is 0 Å². The third-order valence-corrected chi connectivity index (χ3v) is 5.26. The highest BCUT2D eigenvalue weighted by atomic mass is 32.1. The Balaban J connectivity index is 1.65. The van der Waals surface area contributed by atoms with E-state index >= 15 is 0 Å². The average Bonchev–Trinajstić information content (AvgIpc) is 3.16. The fourth-order valence-corrected chi connectivity index (χ4v) is 3.52. The van der Waals surface area contributed by atoms with Crippen molar-refractivity contribution < 1.29 is 0 Å². The standard InChI is InChI=1S/C24H28N4S/c1-4-19-12-8-13-20(5-2)23(19)26-24(29)27-25-16-22-14-9-15-28(22)17-21-11-7-6-10-18(21)3/h6-16H,4-5,17H2,1-3H3,(H2,26,27,29). The molecule has 1 heterocycles. The van der Waals surface area contributed by atoms with Crippen LogP contribution in [0.5, 0.6) is 0 Å². The van der Waals surface area contributed by atoms with E-state index < -0.39 is 0 Å². The molecule has 0 aliphatic rings. The smallest absolute Gasteiger partial charge is 0.191 e. The van der Waals surface area contributed by atoms with E-state index in [0.717, 1.165) is 30.8 Å². The van der Waals surface area contributed by atoms with E-state index in [1.165, 1.54) is 22.3 Å². The highest BCUT2D eigenvalue weighted by molar-refractivity contribution is 7.80. The number of nitrogens with one attached hydrogen (secondary N) is 2. The number of anilines is 1. The molecular weight excluding hydrogens is 376 g/mol. The van der Waals surface area contributed by atoms with Gasteiger partial charge in [-0.15, -0.1) is 0 Å². The predicted octanol–water partition coefficient (Wildman–Crippen LogP) is 5.29. The quantitative estimate of drug-likeness (QED) is 0.319. The summed E-state index contributed by atoms with van der Waals surface area (Å²) in [6, 6.07) is 18.9. The first-order chi connectivity index (χ1) is 14.1. The summed E-state index contributed by atoms with van der Waals surface area (Å²) in [5.74, 6) is 0. The van der Waals surface area contributed by atoms with Crippen LogP contribution in [0.2, 0.25) is 0 Å². The van der Waals surface area contributed by atoms with Gasteiger partial charge in [-0.25, -0.2) is 0 Å². The van der Waals surface area contributed by atoms with Crippen LogP contribution in [-0.4, -0.2) is 15.9 Å². The van der Waals surface area contributed by atoms with Crippen molar-refractivity contribution in [2.45, 2.75) is 40.2 Å². The van der Waals surface area contributed by atoms with E-state index in [-0.39, 0.29) is 0 Å². The Morgan fingerprint density at radius 1 is 0.966 bits per heavy atom. The van der Waals surface area contributed by atoms with Crippen LogP contribution in [0.4, 0.5) is 5.69 Å². The number of aryl methyl sites for hydroxylation is 3. The van der Waals surface area contributed by atoms with Crippen LogP contribution >= 0.6 is 12.2 Å². The minimum atomic E-state index is 0.494. The molecule has 0 unspecified atom stereocenters. The van der Waals surface area contributed by atoms with Crippen molar-refractivity contribution in [1.29, 1.82) is 0 Å². The topological polar surface area (TPSA) is 41.4 Å². The van der Waals surface area contributed by atoms with Gasteiger partial charge in [-0.05, 0) is 66.4 Å². The molecule has 0 amide bonds. The SMILES string of the molecule is CCc1cccc(CC)c1NC(=S)NN=Cc1cccn1Cc1ccccc1C. The van der Waals surface area contributed by atoms with E-state index in [9.17, 15) is 0 Å². The Labute approximate surface area is 178 Å². The monoisotopic (exact) mass is 404 g/mol. The number of para-hydroxylation sites is 1. The summed E-state index contributed by atoms with van der Waals surface area (Å²) in [6.07, 6.45) is 5.77. The molecule has 1 aromatic heterocycles. The van der Waals surface area contributed by atoms with E-state index in [2.05, 4.69) is 89.8 Å². The van der Waals surface area contributed by atoms with E-state index in [0.29, 0.717) is 5.11 Å². The molecule has 5 heteroatoms. The molecule has 2 aromatic carbocycles. The van der Waals surface area contributed by atoms with Crippen molar-refractivity contribution >= 4 is 29.2 Å². The molecular formula is C24H28N4S. The lowest BCUT2D eigenvalue weighted by Gasteiger charge is -2.15. The molecule has 29 heavy (non-hydrogen) atoms. The van der Waals surface area contributed by atoms with Crippen molar-refractivity contribution in [1.82, 2.24) is 9.99 Å². The third kappa shape index (κ3) is 5.33. The van der Waals surface area contributed by atoms with Gasteiger partial charge in [0.15, 0.2) is 5.11 Å². The van der Waals surface area contributed by atoms with Gasteiger partial charge in [-0.2, -0.15) is 5.10 Å². The zero-order valence-corrected chi connectivity index (χ0v) is 18.1. The van der Waals surface area contributed by atoms with Crippen LogP contribution in [-0.2, 0) is 19.4 Å². The number of hydrazone groups is 1. The van der Waals surface area contributed by atoms with Crippen LogP contribution in [0.1, 0.15) is 41.8 Å². The van der Waals surface area contributed by atoms with Gasteiger partial charge in [-0.1, -0.05) is 56.3 Å². The number of rotatable bonds is 7. The Hall–Kier alpha value is -2.92. The summed E-state index contributed by atoms with van der Waals surface area (Å²) >= 11 is 5.46. The molecule has 4 nitrogen and oxygen atoms in total. The van der Waals surface area contributed by atoms with Crippen LogP contribution in [0.25, 0.3) is 0 Å². The zero-order chi connectivity index (χ0) is 20.6. The maximum absolute atomic E-state index is 5.46. The minimum Gasteiger partial charge on any atom is -0.342 e. The fraction of sp³-hybridized carbons (Fsp3) is 0.250. The summed E-state index contributed by atoms with van der Waals surface area (Å²) in [6.45, 7) is 7.25. The predicted molar refractivity (Wildman–Crippen MR) is 127 cm³/mol. The minimum absolute atomic E-state index is 0.494. The van der Waals surface area contributed by atoms with Gasteiger partial charge in [0.2, 0.25) is 0 Å². The first-order valence-corrected chi connectivity index (χ1v) is 10.4. The first-order valence-electron chi connectivity index (χ1n) is 10.0. The summed E-state index contributed by atoms with van der Waals surface area (Å²) in [5.41, 5.74) is 10.2. The molecule has 0 radical (unpaired) electrons. The molecule has 0 spiro atoms. The van der Waals surface area contributed by atoms with E-state index in [4.69, 9.17) is 12.2 Å². The molecule has 150 valence electrons. The molecule has 0 atom stereocenters. The fourth-order valence-electron chi connectivity index (χ4n) is 3.36. The largest absolute Gasteiger partial charge is 0.342 e.